The summed E-state index contributed by atoms with van der Waals surface area (Å²) in [7, 11) is 1.94. The van der Waals surface area contributed by atoms with E-state index >= 15 is 0 Å². The van der Waals surface area contributed by atoms with Crippen LogP contribution in [0.3, 0.4) is 0 Å². The van der Waals surface area contributed by atoms with Crippen LogP contribution < -0.4 is 10.2 Å². The van der Waals surface area contributed by atoms with Crippen molar-refractivity contribution >= 4 is 17.4 Å². The first-order valence-electron chi connectivity index (χ1n) is 11.9. The van der Waals surface area contributed by atoms with Crippen molar-refractivity contribution in [2.45, 2.75) is 44.4 Å². The number of nitrogens with zero attached hydrogens (tertiary/aromatic N) is 5. The van der Waals surface area contributed by atoms with Crippen LogP contribution >= 0.6 is 0 Å². The highest BCUT2D eigenvalue weighted by atomic mass is 19.4. The molecule has 3 aromatic rings. The molecule has 2 aliphatic heterocycles. The van der Waals surface area contributed by atoms with E-state index in [4.69, 9.17) is 4.98 Å². The number of nitrogens with one attached hydrogen (secondary N) is 1. The third-order valence-electron chi connectivity index (χ3n) is 7.13. The summed E-state index contributed by atoms with van der Waals surface area (Å²) in [6, 6.07) is 5.89. The molecule has 0 radical (unpaired) electrons. The van der Waals surface area contributed by atoms with Gasteiger partial charge in [0, 0.05) is 35.8 Å². The van der Waals surface area contributed by atoms with E-state index in [1.807, 2.05) is 7.05 Å². The van der Waals surface area contributed by atoms with Gasteiger partial charge in [-0.25, -0.2) is 14.4 Å². The first-order valence-corrected chi connectivity index (χ1v) is 11.9. The first-order chi connectivity index (χ1) is 17.5. The summed E-state index contributed by atoms with van der Waals surface area (Å²) >= 11 is 0. The smallest absolute Gasteiger partial charge is 0.363 e. The Bertz CT molecular complexity index is 1350. The Kier molecular flexibility index (Phi) is 6.13. The summed E-state index contributed by atoms with van der Waals surface area (Å²) in [4.78, 5) is 31.0. The minimum Gasteiger partial charge on any atom is -0.363 e. The summed E-state index contributed by atoms with van der Waals surface area (Å²) < 4.78 is 54.8. The lowest BCUT2D eigenvalue weighted by Gasteiger charge is -2.40. The number of pyridine rings is 1. The Morgan fingerprint density at radius 1 is 1.14 bits per heavy atom. The number of hydrogen-bond donors (Lipinski definition) is 1. The number of halogens is 4. The van der Waals surface area contributed by atoms with Crippen molar-refractivity contribution in [1.82, 2.24) is 19.9 Å². The van der Waals surface area contributed by atoms with Crippen LogP contribution in [0.15, 0.2) is 42.7 Å². The van der Waals surface area contributed by atoms with E-state index in [0.29, 0.717) is 48.1 Å². The maximum absolute atomic E-state index is 14.9. The zero-order valence-electron chi connectivity index (χ0n) is 20.6. The van der Waals surface area contributed by atoms with Crippen molar-refractivity contribution in [3.8, 4) is 0 Å². The molecule has 1 spiro atoms. The number of aromatic nitrogens is 3. The standard InChI is InChI=1S/C26H26F4N6O/c1-15(18-5-4-6-20(21(18)27)26(28,29)30)32-23-19-13-36(17-7-10-31-11-8-17)24(37)25(9-12-35(3)14-25)22(19)33-16(2)34-23/h4-8,10-11,15H,9,12-14H2,1-3H3,(H,32,33,34)/t15-,25?/m1/s1. The average molecular weight is 515 g/mol. The Balaban J connectivity index is 1.60. The first kappa shape index (κ1) is 25.1. The number of benzene rings is 1. The molecule has 1 aromatic carbocycles. The van der Waals surface area contributed by atoms with Crippen molar-refractivity contribution in [2.24, 2.45) is 0 Å². The van der Waals surface area contributed by atoms with Gasteiger partial charge in [-0.05, 0) is 52.1 Å². The van der Waals surface area contributed by atoms with E-state index in [1.165, 1.54) is 12.1 Å². The van der Waals surface area contributed by atoms with Gasteiger partial charge in [0.05, 0.1) is 23.8 Å². The number of likely N-dealkylation sites (N-methyl/N-ethyl adjacent to an activating group) is 1. The summed E-state index contributed by atoms with van der Waals surface area (Å²) in [5.74, 6) is -0.613. The summed E-state index contributed by atoms with van der Waals surface area (Å²) in [5, 5.41) is 3.13. The van der Waals surface area contributed by atoms with E-state index in [0.717, 1.165) is 6.07 Å². The highest BCUT2D eigenvalue weighted by Crippen LogP contribution is 2.44. The molecule has 2 aliphatic rings. The van der Waals surface area contributed by atoms with Gasteiger partial charge in [-0.1, -0.05) is 12.1 Å². The minimum absolute atomic E-state index is 0.0726. The fourth-order valence-corrected chi connectivity index (χ4v) is 5.34. The number of hydrogen-bond acceptors (Lipinski definition) is 6. The highest BCUT2D eigenvalue weighted by Gasteiger charge is 2.53. The molecule has 1 unspecified atom stereocenters. The molecule has 194 valence electrons. The van der Waals surface area contributed by atoms with E-state index in [9.17, 15) is 22.4 Å². The topological polar surface area (TPSA) is 74.2 Å². The second-order valence-corrected chi connectivity index (χ2v) is 9.69. The number of aryl methyl sites for hydroxylation is 1. The number of likely N-dealkylation sites (tertiary alicyclic amines) is 1. The summed E-state index contributed by atoms with van der Waals surface area (Å²) in [6.07, 6.45) is -1.04. The van der Waals surface area contributed by atoms with Gasteiger partial charge in [-0.3, -0.25) is 9.78 Å². The number of carbonyl (C=O) groups excluding carboxylic acids is 1. The fourth-order valence-electron chi connectivity index (χ4n) is 5.34. The van der Waals surface area contributed by atoms with E-state index in [2.05, 4.69) is 20.2 Å². The predicted octanol–water partition coefficient (Wildman–Crippen LogP) is 4.63. The third-order valence-corrected chi connectivity index (χ3v) is 7.13. The molecule has 0 bridgehead atoms. The Morgan fingerprint density at radius 2 is 1.86 bits per heavy atom. The second-order valence-electron chi connectivity index (χ2n) is 9.69. The van der Waals surface area contributed by atoms with E-state index in [-0.39, 0.29) is 18.0 Å². The van der Waals surface area contributed by atoms with Gasteiger partial charge >= 0.3 is 6.18 Å². The van der Waals surface area contributed by atoms with Crippen molar-refractivity contribution < 1.29 is 22.4 Å². The molecule has 2 atom stereocenters. The highest BCUT2D eigenvalue weighted by molar-refractivity contribution is 6.03. The summed E-state index contributed by atoms with van der Waals surface area (Å²) in [6.45, 7) is 4.61. The Labute approximate surface area is 211 Å². The molecule has 1 N–H and O–H groups in total. The molecular formula is C26H26F4N6O. The van der Waals surface area contributed by atoms with Crippen molar-refractivity contribution in [1.29, 1.82) is 0 Å². The SMILES string of the molecule is Cc1nc(N[C@H](C)c2cccc(C(F)(F)F)c2F)c2c(n1)C1(CCN(C)C1)C(=O)N(c1ccncc1)C2. The van der Waals surface area contributed by atoms with Gasteiger partial charge in [-0.2, -0.15) is 13.2 Å². The zero-order valence-corrected chi connectivity index (χ0v) is 20.6. The third kappa shape index (κ3) is 4.30. The quantitative estimate of drug-likeness (QED) is 0.512. The molecule has 11 heteroatoms. The molecule has 1 fully saturated rings. The zero-order chi connectivity index (χ0) is 26.5. The van der Waals surface area contributed by atoms with Gasteiger partial charge in [0.15, 0.2) is 0 Å². The maximum atomic E-state index is 14.9. The lowest BCUT2D eigenvalue weighted by atomic mass is 9.76. The molecule has 7 nitrogen and oxygen atoms in total. The van der Waals surface area contributed by atoms with Gasteiger partial charge < -0.3 is 15.1 Å². The molecule has 1 amide bonds. The van der Waals surface area contributed by atoms with Crippen LogP contribution in [0.2, 0.25) is 0 Å². The largest absolute Gasteiger partial charge is 0.419 e. The molecule has 0 aliphatic carbocycles. The van der Waals surface area contributed by atoms with Crippen LogP contribution in [0.25, 0.3) is 0 Å². The normalized spacial score (nSPS) is 20.8. The number of anilines is 2. The minimum atomic E-state index is -4.81. The number of alkyl halides is 3. The predicted molar refractivity (Wildman–Crippen MR) is 129 cm³/mol. The van der Waals surface area contributed by atoms with Crippen molar-refractivity contribution in [2.75, 3.05) is 30.4 Å². The molecule has 0 saturated carbocycles. The van der Waals surface area contributed by atoms with Gasteiger partial charge in [-0.15, -0.1) is 0 Å². The van der Waals surface area contributed by atoms with Crippen molar-refractivity contribution in [3.05, 3.63) is 76.8 Å². The molecule has 4 heterocycles. The lowest BCUT2D eigenvalue weighted by Crippen LogP contribution is -2.53. The summed E-state index contributed by atoms with van der Waals surface area (Å²) in [5.41, 5.74) is -0.408. The molecule has 2 aromatic heterocycles. The van der Waals surface area contributed by atoms with E-state index in [1.54, 1.807) is 43.3 Å². The van der Waals surface area contributed by atoms with E-state index < -0.39 is 29.0 Å². The molecular weight excluding hydrogens is 488 g/mol. The Morgan fingerprint density at radius 3 is 2.51 bits per heavy atom. The average Bonchev–Trinajstić information content (AvgIpc) is 3.24. The second kappa shape index (κ2) is 9.05. The monoisotopic (exact) mass is 514 g/mol. The number of fused-ring (bicyclic) bond motifs is 2. The van der Waals surface area contributed by atoms with Gasteiger partial charge in [0.25, 0.3) is 0 Å². The van der Waals surface area contributed by atoms with Crippen LogP contribution in [0.4, 0.5) is 29.1 Å². The van der Waals surface area contributed by atoms with Crippen molar-refractivity contribution in [3.63, 3.8) is 0 Å². The fraction of sp³-hybridized carbons (Fsp3) is 0.385. The maximum Gasteiger partial charge on any atom is 0.419 e. The van der Waals surface area contributed by atoms with Crippen LogP contribution in [0.5, 0.6) is 0 Å². The molecule has 37 heavy (non-hydrogen) atoms. The van der Waals surface area contributed by atoms with Crippen LogP contribution in [-0.4, -0.2) is 45.9 Å². The van der Waals surface area contributed by atoms with Crippen LogP contribution in [-0.2, 0) is 22.9 Å². The molecule has 1 saturated heterocycles. The Hall–Kier alpha value is -3.60. The number of amides is 1. The van der Waals surface area contributed by atoms with Gasteiger partial charge in [0.2, 0.25) is 5.91 Å². The van der Waals surface area contributed by atoms with Gasteiger partial charge in [0.1, 0.15) is 22.9 Å². The number of rotatable bonds is 4. The lowest BCUT2D eigenvalue weighted by molar-refractivity contribution is -0.140. The number of carbonyl (C=O) groups is 1. The van der Waals surface area contributed by atoms with Crippen LogP contribution in [0.1, 0.15) is 47.6 Å². The van der Waals surface area contributed by atoms with Crippen LogP contribution in [0, 0.1) is 12.7 Å². The molecule has 5 rings (SSSR count).